The molecule has 0 saturated carbocycles. The van der Waals surface area contributed by atoms with Crippen LogP contribution in [0.15, 0.2) is 45.3 Å². The van der Waals surface area contributed by atoms with Gasteiger partial charge in [-0.2, -0.15) is 10.5 Å². The van der Waals surface area contributed by atoms with Crippen molar-refractivity contribution in [3.63, 3.8) is 0 Å². The lowest BCUT2D eigenvalue weighted by Crippen LogP contribution is -2.15. The minimum Gasteiger partial charge on any atom is -0.494 e. The van der Waals surface area contributed by atoms with Crippen molar-refractivity contribution in [3.8, 4) is 17.9 Å². The number of carbonyl (C=O) groups excluding carboxylic acids is 2. The molecule has 0 fully saturated rings. The first kappa shape index (κ1) is 38.0. The minimum atomic E-state index is -0.604. The first-order valence-electron chi connectivity index (χ1n) is 14.9. The van der Waals surface area contributed by atoms with E-state index in [4.69, 9.17) is 19.3 Å². The first-order chi connectivity index (χ1) is 21.3. The molecule has 0 radical (unpaired) electrons. The molecule has 2 atom stereocenters. The predicted molar refractivity (Wildman–Crippen MR) is 178 cm³/mol. The molecule has 1 aromatic carbocycles. The number of nitrogens with zero attached hydrogens (tertiary/aromatic N) is 2. The van der Waals surface area contributed by atoms with E-state index in [9.17, 15) is 20.1 Å². The molecule has 0 amide bonds. The number of hydrogen-bond donors (Lipinski definition) is 1. The number of thioether (sulfide) groups is 4. The fourth-order valence-electron chi connectivity index (χ4n) is 4.42. The van der Waals surface area contributed by atoms with Gasteiger partial charge in [0.15, 0.2) is 11.1 Å². The van der Waals surface area contributed by atoms with Gasteiger partial charge >= 0.3 is 11.9 Å². The Morgan fingerprint density at radius 3 is 1.50 bits per heavy atom. The predicted octanol–water partition coefficient (Wildman–Crippen LogP) is 8.69. The highest BCUT2D eigenvalue weighted by molar-refractivity contribution is 8.25. The van der Waals surface area contributed by atoms with E-state index < -0.39 is 11.9 Å². The second-order valence-corrected chi connectivity index (χ2v) is 14.7. The van der Waals surface area contributed by atoms with Gasteiger partial charge in [-0.3, -0.25) is 0 Å². The zero-order valence-corrected chi connectivity index (χ0v) is 29.6. The summed E-state index contributed by atoms with van der Waals surface area (Å²) in [4.78, 5) is 29.1. The van der Waals surface area contributed by atoms with Crippen LogP contribution >= 0.6 is 47.0 Å². The smallest absolute Gasteiger partial charge is 0.350 e. The fraction of sp³-hybridized carbons (Fsp3) is 0.562. The number of rotatable bonds is 15. The third kappa shape index (κ3) is 9.89. The molecule has 44 heavy (non-hydrogen) atoms. The van der Waals surface area contributed by atoms with Gasteiger partial charge in [0.2, 0.25) is 0 Å². The first-order valence-corrected chi connectivity index (χ1v) is 18.2. The molecule has 12 heteroatoms. The van der Waals surface area contributed by atoms with Crippen LogP contribution in [0.2, 0.25) is 0 Å². The number of carbonyl (C=O) groups is 2. The molecule has 8 nitrogen and oxygen atoms in total. The second-order valence-electron chi connectivity index (χ2n) is 10.1. The molecule has 2 aliphatic heterocycles. The average molecular weight is 679 g/mol. The Balaban J connectivity index is 0.00000330. The van der Waals surface area contributed by atoms with E-state index in [0.717, 1.165) is 78.1 Å². The zero-order chi connectivity index (χ0) is 32.6. The number of aliphatic hydroxyl groups excluding tert-OH is 1. The Morgan fingerprint density at radius 1 is 0.773 bits per heavy atom. The molecular weight excluding hydrogens is 637 g/mol. The molecule has 2 aliphatic rings. The molecule has 2 unspecified atom stereocenters. The molecular formula is C32H42N2O6S4. The number of aliphatic hydroxyl groups is 1. The summed E-state index contributed by atoms with van der Waals surface area (Å²) in [5.74, 6) is -0.0520. The minimum absolute atomic E-state index is 0.00604. The zero-order valence-electron chi connectivity index (χ0n) is 26.3. The third-order valence-electron chi connectivity index (χ3n) is 7.15. The van der Waals surface area contributed by atoms with Crippen LogP contribution in [-0.4, -0.2) is 44.5 Å². The maximum Gasteiger partial charge on any atom is 0.350 e. The Morgan fingerprint density at radius 2 is 1.18 bits per heavy atom. The molecule has 0 aliphatic carbocycles. The van der Waals surface area contributed by atoms with Crippen molar-refractivity contribution in [1.82, 2.24) is 0 Å². The summed E-state index contributed by atoms with van der Waals surface area (Å²) in [6, 6.07) is 6.06. The Labute approximate surface area is 278 Å². The normalized spacial score (nSPS) is 16.7. The summed E-state index contributed by atoms with van der Waals surface area (Å²) in [5, 5.41) is 26.7. The van der Waals surface area contributed by atoms with Gasteiger partial charge in [-0.1, -0.05) is 113 Å². The van der Waals surface area contributed by atoms with Crippen LogP contribution in [0.25, 0.3) is 0 Å². The summed E-state index contributed by atoms with van der Waals surface area (Å²) < 4.78 is 18.0. The maximum atomic E-state index is 12.9. The molecule has 1 N–H and O–H groups in total. The Kier molecular flexibility index (Phi) is 17.3. The number of unbranched alkanes of at least 4 members (excludes halogenated alkanes) is 2. The van der Waals surface area contributed by atoms with Crippen LogP contribution < -0.4 is 4.74 Å². The topological polar surface area (TPSA) is 130 Å². The van der Waals surface area contributed by atoms with Crippen LogP contribution in [0.4, 0.5) is 0 Å². The average Bonchev–Trinajstić information content (AvgIpc) is 3.65. The number of esters is 2. The van der Waals surface area contributed by atoms with Crippen LogP contribution in [0.3, 0.4) is 0 Å². The van der Waals surface area contributed by atoms with E-state index in [2.05, 4.69) is 39.8 Å². The van der Waals surface area contributed by atoms with Crippen molar-refractivity contribution in [2.24, 2.45) is 11.8 Å². The van der Waals surface area contributed by atoms with E-state index >= 15 is 0 Å². The molecule has 2 heterocycles. The van der Waals surface area contributed by atoms with Crippen LogP contribution in [-0.2, 0) is 19.1 Å². The van der Waals surface area contributed by atoms with E-state index in [0.29, 0.717) is 27.4 Å². The molecule has 3 rings (SSSR count). The van der Waals surface area contributed by atoms with Gasteiger partial charge in [-0.15, -0.1) is 0 Å². The van der Waals surface area contributed by atoms with Crippen molar-refractivity contribution in [3.05, 3.63) is 25.7 Å². The molecule has 1 aromatic rings. The Hall–Kier alpha value is -2.22. The summed E-state index contributed by atoms with van der Waals surface area (Å²) in [5.41, 5.74) is -0.0121. The van der Waals surface area contributed by atoms with Crippen LogP contribution in [0.1, 0.15) is 79.1 Å². The molecule has 240 valence electrons. The SMILES string of the molecule is CCCCC(CC)COC(=O)/C(C#N)=C1/Sc2cc3c(c(OC)c2S1)S/C(=C(\C#N)C(=O)OCC(CC)CCCC)S3.CO. The number of nitriles is 2. The summed E-state index contributed by atoms with van der Waals surface area (Å²) in [6.07, 6.45) is 8.15. The number of benzene rings is 1. The standard InChI is InChI=1S/C31H38N2O5S4.CH4O/c1-6-10-12-19(8-3)17-37-28(34)21(15-32)30-39-23-14-24-27(25(36-5)26(23)41-30)42-31(40-24)22(16-33)29(35)38-18-20(9-4)13-11-7-2;1-2/h14,19-20H,6-13,17-18H2,1-5H3;2H,1H3/b30-21-,31-22+;. The highest BCUT2D eigenvalue weighted by Gasteiger charge is 2.35. The lowest BCUT2D eigenvalue weighted by molar-refractivity contribution is -0.140. The number of fused-ring (bicyclic) bond motifs is 2. The van der Waals surface area contributed by atoms with Crippen LogP contribution in [0.5, 0.6) is 5.75 Å². The van der Waals surface area contributed by atoms with Gasteiger partial charge < -0.3 is 19.3 Å². The van der Waals surface area contributed by atoms with E-state index in [-0.39, 0.29) is 23.0 Å². The second kappa shape index (κ2) is 20.0. The maximum absolute atomic E-state index is 12.9. The van der Waals surface area contributed by atoms with Crippen molar-refractivity contribution < 1.29 is 28.9 Å². The molecule has 0 saturated heterocycles. The molecule has 0 bridgehead atoms. The van der Waals surface area contributed by atoms with Crippen LogP contribution in [0, 0.1) is 34.5 Å². The fourth-order valence-corrected chi connectivity index (χ4v) is 9.72. The monoisotopic (exact) mass is 678 g/mol. The lowest BCUT2D eigenvalue weighted by atomic mass is 10.0. The number of hydrogen-bond acceptors (Lipinski definition) is 12. The highest BCUT2D eigenvalue weighted by Crippen LogP contribution is 2.64. The molecule has 0 aromatic heterocycles. The van der Waals surface area contributed by atoms with Crippen molar-refractivity contribution >= 4 is 59.0 Å². The van der Waals surface area contributed by atoms with Crippen molar-refractivity contribution in [2.75, 3.05) is 27.4 Å². The summed E-state index contributed by atoms with van der Waals surface area (Å²) in [7, 11) is 2.57. The molecule has 0 spiro atoms. The number of methoxy groups -OCH3 is 1. The van der Waals surface area contributed by atoms with E-state index in [1.54, 1.807) is 7.11 Å². The van der Waals surface area contributed by atoms with Gasteiger partial charge in [-0.05, 0) is 30.7 Å². The van der Waals surface area contributed by atoms with Gasteiger partial charge in [-0.25, -0.2) is 9.59 Å². The van der Waals surface area contributed by atoms with E-state index in [1.165, 1.54) is 47.0 Å². The van der Waals surface area contributed by atoms with Gasteiger partial charge in [0.25, 0.3) is 0 Å². The van der Waals surface area contributed by atoms with Crippen molar-refractivity contribution in [1.29, 1.82) is 10.5 Å². The van der Waals surface area contributed by atoms with E-state index in [1.807, 2.05) is 6.07 Å². The third-order valence-corrected chi connectivity index (χ3v) is 12.3. The summed E-state index contributed by atoms with van der Waals surface area (Å²) >= 11 is 5.28. The van der Waals surface area contributed by atoms with Gasteiger partial charge in [0.05, 0.1) is 38.6 Å². The lowest BCUT2D eigenvalue weighted by Gasteiger charge is -2.14. The van der Waals surface area contributed by atoms with Crippen molar-refractivity contribution in [2.45, 2.75) is 98.6 Å². The largest absolute Gasteiger partial charge is 0.494 e. The van der Waals surface area contributed by atoms with Gasteiger partial charge in [0, 0.05) is 16.9 Å². The Bertz CT molecular complexity index is 1220. The number of ether oxygens (including phenoxy) is 3. The van der Waals surface area contributed by atoms with Gasteiger partial charge in [0.1, 0.15) is 17.9 Å². The highest BCUT2D eigenvalue weighted by atomic mass is 32.2. The quantitative estimate of drug-likeness (QED) is 0.108. The summed E-state index contributed by atoms with van der Waals surface area (Å²) in [6.45, 7) is 9.04.